The van der Waals surface area contributed by atoms with Gasteiger partial charge < -0.3 is 14.3 Å². The third-order valence-electron chi connectivity index (χ3n) is 5.10. The Bertz CT molecular complexity index is 1600. The highest BCUT2D eigenvalue weighted by atomic mass is 16.4. The number of hydrogen-bond donors (Lipinski definition) is 0. The molecule has 0 N–H and O–H groups in total. The molecule has 30 heavy (non-hydrogen) atoms. The molecule has 0 bridgehead atoms. The fourth-order valence-corrected chi connectivity index (χ4v) is 3.80. The van der Waals surface area contributed by atoms with Crippen LogP contribution < -0.4 is 16.3 Å². The van der Waals surface area contributed by atoms with Crippen molar-refractivity contribution in [1.29, 1.82) is 0 Å². The Hall–Kier alpha value is -4.26. The number of carbonyl (C=O) groups excluding carboxylic acids is 1. The lowest BCUT2D eigenvalue weighted by Crippen LogP contribution is -2.31. The molecule has 3 aromatic carbocycles. The van der Waals surface area contributed by atoms with Gasteiger partial charge in [-0.25, -0.2) is 9.48 Å². The van der Waals surface area contributed by atoms with Crippen LogP contribution in [-0.4, -0.2) is 15.7 Å². The molecule has 5 rings (SSSR count). The van der Waals surface area contributed by atoms with Crippen molar-refractivity contribution in [3.05, 3.63) is 98.8 Å². The SMILES string of the molecule is O=C([O-])c1nn(Cc2cc(=O)oc3ccc4ccccc4c23)c(=O)c2ccccc12. The van der Waals surface area contributed by atoms with Gasteiger partial charge in [0.25, 0.3) is 5.56 Å². The molecular formula is C23H13N2O5-. The van der Waals surface area contributed by atoms with Crippen molar-refractivity contribution in [2.75, 3.05) is 0 Å². The number of rotatable bonds is 3. The maximum atomic E-state index is 13.0. The van der Waals surface area contributed by atoms with Crippen molar-refractivity contribution in [1.82, 2.24) is 9.78 Å². The summed E-state index contributed by atoms with van der Waals surface area (Å²) in [6.45, 7) is -0.0972. The van der Waals surface area contributed by atoms with Crippen LogP contribution in [0.2, 0.25) is 0 Å². The maximum absolute atomic E-state index is 13.0. The Morgan fingerprint density at radius 2 is 1.63 bits per heavy atom. The number of hydrogen-bond acceptors (Lipinski definition) is 6. The average Bonchev–Trinajstić information content (AvgIpc) is 2.75. The van der Waals surface area contributed by atoms with E-state index in [-0.39, 0.29) is 23.0 Å². The Balaban J connectivity index is 1.81. The van der Waals surface area contributed by atoms with Crippen molar-refractivity contribution in [3.8, 4) is 0 Å². The third kappa shape index (κ3) is 2.76. The second kappa shape index (κ2) is 6.66. The molecule has 7 nitrogen and oxygen atoms in total. The number of carboxylic acids is 1. The fraction of sp³-hybridized carbons (Fsp3) is 0.0435. The lowest BCUT2D eigenvalue weighted by molar-refractivity contribution is -0.255. The molecule has 0 unspecified atom stereocenters. The number of carboxylic acid groups (broad SMARTS) is 1. The van der Waals surface area contributed by atoms with E-state index in [1.54, 1.807) is 18.2 Å². The van der Waals surface area contributed by atoms with E-state index in [4.69, 9.17) is 4.42 Å². The Kier molecular flexibility index (Phi) is 3.96. The van der Waals surface area contributed by atoms with Crippen LogP contribution >= 0.6 is 0 Å². The van der Waals surface area contributed by atoms with Crippen LogP contribution in [-0.2, 0) is 6.54 Å². The summed E-state index contributed by atoms with van der Waals surface area (Å²) in [6.07, 6.45) is 0. The molecule has 0 atom stereocenters. The van der Waals surface area contributed by atoms with Crippen LogP contribution in [0.5, 0.6) is 0 Å². The molecular weight excluding hydrogens is 384 g/mol. The quantitative estimate of drug-likeness (QED) is 0.341. The summed E-state index contributed by atoms with van der Waals surface area (Å²) in [5.74, 6) is -1.48. The van der Waals surface area contributed by atoms with Gasteiger partial charge in [-0.15, -0.1) is 0 Å². The molecule has 0 saturated carbocycles. The second-order valence-corrected chi connectivity index (χ2v) is 6.89. The van der Waals surface area contributed by atoms with Crippen molar-refractivity contribution >= 4 is 38.5 Å². The highest BCUT2D eigenvalue weighted by molar-refractivity contribution is 6.07. The largest absolute Gasteiger partial charge is 0.543 e. The van der Waals surface area contributed by atoms with E-state index in [1.807, 2.05) is 30.3 Å². The molecule has 0 radical (unpaired) electrons. The summed E-state index contributed by atoms with van der Waals surface area (Å²) < 4.78 is 6.39. The molecule has 146 valence electrons. The summed E-state index contributed by atoms with van der Waals surface area (Å²) in [4.78, 5) is 36.7. The lowest BCUT2D eigenvalue weighted by Gasteiger charge is -2.13. The number of aromatic carboxylic acids is 1. The zero-order chi connectivity index (χ0) is 20.8. The predicted molar refractivity (Wildman–Crippen MR) is 109 cm³/mol. The fourth-order valence-electron chi connectivity index (χ4n) is 3.80. The first-order chi connectivity index (χ1) is 14.5. The standard InChI is InChI=1S/C23H14N2O5/c26-19-11-14(20-15-6-2-1-5-13(15)9-10-18(20)30-19)12-25-22(27)17-8-4-3-7-16(17)21(24-25)23(28)29/h1-11H,12H2,(H,28,29)/p-1. The first-order valence-electron chi connectivity index (χ1n) is 9.18. The van der Waals surface area contributed by atoms with Crippen LogP contribution in [0, 0.1) is 0 Å². The van der Waals surface area contributed by atoms with Gasteiger partial charge in [0.1, 0.15) is 11.3 Å². The highest BCUT2D eigenvalue weighted by Crippen LogP contribution is 2.27. The Morgan fingerprint density at radius 1 is 0.933 bits per heavy atom. The molecule has 0 saturated heterocycles. The molecule has 0 aliphatic heterocycles. The van der Waals surface area contributed by atoms with Gasteiger partial charge in [-0.3, -0.25) is 4.79 Å². The summed E-state index contributed by atoms with van der Waals surface area (Å²) in [7, 11) is 0. The van der Waals surface area contributed by atoms with E-state index in [0.29, 0.717) is 16.5 Å². The topological polar surface area (TPSA) is 105 Å². The summed E-state index contributed by atoms with van der Waals surface area (Å²) in [5, 5.41) is 18.5. The van der Waals surface area contributed by atoms with E-state index in [9.17, 15) is 19.5 Å². The third-order valence-corrected chi connectivity index (χ3v) is 5.10. The van der Waals surface area contributed by atoms with Gasteiger partial charge >= 0.3 is 5.63 Å². The van der Waals surface area contributed by atoms with Crippen LogP contribution in [0.1, 0.15) is 16.1 Å². The van der Waals surface area contributed by atoms with Crippen LogP contribution in [0.4, 0.5) is 0 Å². The lowest BCUT2D eigenvalue weighted by atomic mass is 10.0. The summed E-state index contributed by atoms with van der Waals surface area (Å²) >= 11 is 0. The van der Waals surface area contributed by atoms with Crippen LogP contribution in [0.3, 0.4) is 0 Å². The molecule has 7 heteroatoms. The van der Waals surface area contributed by atoms with Gasteiger partial charge in [0, 0.05) is 16.8 Å². The van der Waals surface area contributed by atoms with Gasteiger partial charge in [-0.2, -0.15) is 5.10 Å². The minimum atomic E-state index is -1.48. The van der Waals surface area contributed by atoms with Crippen molar-refractivity contribution in [2.24, 2.45) is 0 Å². The number of nitrogens with zero attached hydrogens (tertiary/aromatic N) is 2. The molecule has 0 aliphatic rings. The van der Waals surface area contributed by atoms with E-state index < -0.39 is 17.2 Å². The van der Waals surface area contributed by atoms with E-state index in [1.165, 1.54) is 18.2 Å². The number of carbonyl (C=O) groups is 1. The molecule has 2 heterocycles. The van der Waals surface area contributed by atoms with Gasteiger partial charge in [0.15, 0.2) is 0 Å². The van der Waals surface area contributed by atoms with E-state index in [0.717, 1.165) is 15.5 Å². The van der Waals surface area contributed by atoms with E-state index >= 15 is 0 Å². The van der Waals surface area contributed by atoms with Crippen LogP contribution in [0.15, 0.2) is 80.7 Å². The molecule has 0 amide bonds. The number of benzene rings is 3. The van der Waals surface area contributed by atoms with Crippen molar-refractivity contribution in [3.63, 3.8) is 0 Å². The minimum Gasteiger partial charge on any atom is -0.543 e. The monoisotopic (exact) mass is 397 g/mol. The predicted octanol–water partition coefficient (Wildman–Crippen LogP) is 2.07. The average molecular weight is 397 g/mol. The minimum absolute atomic E-state index is 0.0972. The molecule has 0 fully saturated rings. The molecule has 2 aromatic heterocycles. The zero-order valence-corrected chi connectivity index (χ0v) is 15.5. The molecule has 0 aliphatic carbocycles. The number of aromatic nitrogens is 2. The van der Waals surface area contributed by atoms with Crippen molar-refractivity contribution < 1.29 is 14.3 Å². The Labute approximate surface area is 168 Å². The Morgan fingerprint density at radius 3 is 2.40 bits per heavy atom. The maximum Gasteiger partial charge on any atom is 0.336 e. The zero-order valence-electron chi connectivity index (χ0n) is 15.5. The van der Waals surface area contributed by atoms with Gasteiger partial charge in [0.05, 0.1) is 17.9 Å². The highest BCUT2D eigenvalue weighted by Gasteiger charge is 2.15. The summed E-state index contributed by atoms with van der Waals surface area (Å²) in [6, 6.07) is 18.8. The number of fused-ring (bicyclic) bond motifs is 4. The first-order valence-corrected chi connectivity index (χ1v) is 9.18. The smallest absolute Gasteiger partial charge is 0.336 e. The van der Waals surface area contributed by atoms with E-state index in [2.05, 4.69) is 5.10 Å². The van der Waals surface area contributed by atoms with Gasteiger partial charge in [0.2, 0.25) is 0 Å². The first kappa shape index (κ1) is 17.8. The second-order valence-electron chi connectivity index (χ2n) is 6.89. The van der Waals surface area contributed by atoms with Gasteiger partial charge in [-0.05, 0) is 28.5 Å². The summed E-state index contributed by atoms with van der Waals surface area (Å²) in [5.41, 5.74) is -0.473. The molecule has 5 aromatic rings. The molecule has 0 spiro atoms. The van der Waals surface area contributed by atoms with Crippen molar-refractivity contribution in [2.45, 2.75) is 6.54 Å². The van der Waals surface area contributed by atoms with Crippen LogP contribution in [0.25, 0.3) is 32.5 Å². The van der Waals surface area contributed by atoms with Gasteiger partial charge in [-0.1, -0.05) is 48.5 Å². The normalized spacial score (nSPS) is 11.3.